The third kappa shape index (κ3) is 5.74. The Morgan fingerprint density at radius 2 is 1.50 bits per heavy atom. The van der Waals surface area contributed by atoms with E-state index in [1.807, 2.05) is 12.1 Å². The Morgan fingerprint density at radius 3 is 2.03 bits per heavy atom. The number of nitrogens with one attached hydrogen (secondary N) is 3. The van der Waals surface area contributed by atoms with Gasteiger partial charge in [-0.25, -0.2) is 23.1 Å². The van der Waals surface area contributed by atoms with Crippen molar-refractivity contribution >= 4 is 44.7 Å². The fourth-order valence-corrected chi connectivity index (χ4v) is 3.87. The van der Waals surface area contributed by atoms with Crippen molar-refractivity contribution in [1.82, 2.24) is 9.97 Å². The van der Waals surface area contributed by atoms with E-state index in [1.54, 1.807) is 18.2 Å². The summed E-state index contributed by atoms with van der Waals surface area (Å²) in [6.07, 6.45) is 4.01. The molecule has 1 aromatic heterocycles. The first kappa shape index (κ1) is 21.7. The maximum Gasteiger partial charge on any atom is 0.264 e. The third-order valence-electron chi connectivity index (χ3n) is 4.56. The molecular weight excluding hydrogens is 418 g/mol. The molecule has 30 heavy (non-hydrogen) atoms. The highest BCUT2D eigenvalue weighted by molar-refractivity contribution is 7.92. The van der Waals surface area contributed by atoms with E-state index < -0.39 is 10.0 Å². The lowest BCUT2D eigenvalue weighted by Gasteiger charge is -2.13. The minimum atomic E-state index is -3.77. The summed E-state index contributed by atoms with van der Waals surface area (Å²) in [7, 11) is -3.77. The summed E-state index contributed by atoms with van der Waals surface area (Å²) >= 11 is 5.35. The minimum absolute atomic E-state index is 0.0180. The van der Waals surface area contributed by atoms with Crippen LogP contribution in [0.1, 0.15) is 31.7 Å². The van der Waals surface area contributed by atoms with E-state index >= 15 is 0 Å². The van der Waals surface area contributed by atoms with Gasteiger partial charge in [-0.2, -0.15) is 0 Å². The molecule has 156 valence electrons. The number of benzene rings is 2. The topological polar surface area (TPSA) is 96.0 Å². The molecular formula is C21H23N5O2S2. The lowest BCUT2D eigenvalue weighted by molar-refractivity contribution is 0.601. The van der Waals surface area contributed by atoms with Crippen LogP contribution in [-0.2, 0) is 10.0 Å². The molecule has 9 heteroatoms. The summed E-state index contributed by atoms with van der Waals surface area (Å²) < 4.78 is 27.2. The first-order valence-electron chi connectivity index (χ1n) is 9.45. The van der Waals surface area contributed by atoms with Crippen molar-refractivity contribution in [3.8, 4) is 0 Å². The molecule has 2 aromatic carbocycles. The number of sulfonamides is 1. The minimum Gasteiger partial charge on any atom is -0.332 e. The van der Waals surface area contributed by atoms with Gasteiger partial charge in [-0.1, -0.05) is 26.0 Å². The Kier molecular flexibility index (Phi) is 6.96. The van der Waals surface area contributed by atoms with Gasteiger partial charge in [-0.05, 0) is 72.6 Å². The molecule has 3 N–H and O–H groups in total. The molecule has 3 aromatic rings. The molecule has 0 spiro atoms. The van der Waals surface area contributed by atoms with Crippen LogP contribution in [-0.4, -0.2) is 23.5 Å². The van der Waals surface area contributed by atoms with E-state index in [0.717, 1.165) is 12.1 Å². The highest BCUT2D eigenvalue weighted by Gasteiger charge is 2.15. The molecule has 0 radical (unpaired) electrons. The summed E-state index contributed by atoms with van der Waals surface area (Å²) in [5, 5.41) is 6.59. The van der Waals surface area contributed by atoms with Gasteiger partial charge in [0.1, 0.15) is 0 Å². The average Bonchev–Trinajstić information content (AvgIpc) is 2.74. The molecule has 0 bridgehead atoms. The molecule has 1 heterocycles. The molecule has 0 aliphatic rings. The molecule has 1 unspecified atom stereocenters. The zero-order valence-electron chi connectivity index (χ0n) is 16.7. The summed E-state index contributed by atoms with van der Waals surface area (Å²) in [4.78, 5) is 7.83. The molecule has 0 aliphatic heterocycles. The highest BCUT2D eigenvalue weighted by atomic mass is 32.2. The zero-order valence-corrected chi connectivity index (χ0v) is 18.3. The normalized spacial score (nSPS) is 12.1. The standard InChI is InChI=1S/C21H23N5O2S2/c1-3-15(2)16-5-7-17(8-6-16)24-21(29)25-18-9-11-19(12-10-18)30(27,28)26-20-22-13-4-14-23-20/h4-15H,3H2,1-2H3,(H,22,23,26)(H2,24,25,29). The average molecular weight is 442 g/mol. The van der Waals surface area contributed by atoms with Crippen LogP contribution in [0.4, 0.5) is 17.3 Å². The number of hydrogen-bond acceptors (Lipinski definition) is 5. The predicted molar refractivity (Wildman–Crippen MR) is 124 cm³/mol. The van der Waals surface area contributed by atoms with Gasteiger partial charge < -0.3 is 10.6 Å². The Labute approximate surface area is 182 Å². The van der Waals surface area contributed by atoms with Crippen LogP contribution >= 0.6 is 12.2 Å². The Morgan fingerprint density at radius 1 is 0.967 bits per heavy atom. The molecule has 0 aliphatic carbocycles. The monoisotopic (exact) mass is 441 g/mol. The second kappa shape index (κ2) is 9.64. The van der Waals surface area contributed by atoms with E-state index in [0.29, 0.717) is 16.7 Å². The Balaban J connectivity index is 1.60. The number of anilines is 3. The van der Waals surface area contributed by atoms with Crippen LogP contribution in [0.5, 0.6) is 0 Å². The van der Waals surface area contributed by atoms with Gasteiger partial charge in [0.05, 0.1) is 4.90 Å². The van der Waals surface area contributed by atoms with Crippen LogP contribution in [0.2, 0.25) is 0 Å². The van der Waals surface area contributed by atoms with Crippen LogP contribution in [0.15, 0.2) is 71.9 Å². The van der Waals surface area contributed by atoms with Gasteiger partial charge >= 0.3 is 0 Å². The van der Waals surface area contributed by atoms with Gasteiger partial charge in [0, 0.05) is 23.8 Å². The quantitative estimate of drug-likeness (QED) is 0.461. The molecule has 0 saturated heterocycles. The number of thiocarbonyl (C=S) groups is 1. The Bertz CT molecular complexity index is 1090. The molecule has 0 saturated carbocycles. The summed E-state index contributed by atoms with van der Waals surface area (Å²) in [5.41, 5.74) is 2.83. The molecule has 0 amide bonds. The maximum absolute atomic E-state index is 12.4. The fourth-order valence-electron chi connectivity index (χ4n) is 2.67. The van der Waals surface area contributed by atoms with Gasteiger partial charge in [0.15, 0.2) is 5.11 Å². The van der Waals surface area contributed by atoms with E-state index in [-0.39, 0.29) is 10.8 Å². The van der Waals surface area contributed by atoms with E-state index in [1.165, 1.54) is 30.1 Å². The molecule has 3 rings (SSSR count). The lowest BCUT2D eigenvalue weighted by Crippen LogP contribution is -2.19. The first-order chi connectivity index (χ1) is 14.4. The van der Waals surface area contributed by atoms with Crippen molar-refractivity contribution in [3.63, 3.8) is 0 Å². The Hall–Kier alpha value is -3.04. The largest absolute Gasteiger partial charge is 0.332 e. The number of hydrogen-bond donors (Lipinski definition) is 3. The van der Waals surface area contributed by atoms with Gasteiger partial charge in [-0.15, -0.1) is 0 Å². The van der Waals surface area contributed by atoms with Gasteiger partial charge in [0.2, 0.25) is 5.95 Å². The van der Waals surface area contributed by atoms with Gasteiger partial charge in [0.25, 0.3) is 10.0 Å². The van der Waals surface area contributed by atoms with Crippen molar-refractivity contribution in [1.29, 1.82) is 0 Å². The highest BCUT2D eigenvalue weighted by Crippen LogP contribution is 2.21. The van der Waals surface area contributed by atoms with Gasteiger partial charge in [-0.3, -0.25) is 0 Å². The second-order valence-corrected chi connectivity index (χ2v) is 8.80. The van der Waals surface area contributed by atoms with Crippen molar-refractivity contribution in [3.05, 3.63) is 72.6 Å². The van der Waals surface area contributed by atoms with Crippen molar-refractivity contribution < 1.29 is 8.42 Å². The van der Waals surface area contributed by atoms with Crippen molar-refractivity contribution in [2.45, 2.75) is 31.1 Å². The van der Waals surface area contributed by atoms with E-state index in [2.05, 4.69) is 51.3 Å². The van der Waals surface area contributed by atoms with Crippen LogP contribution in [0, 0.1) is 0 Å². The smallest absolute Gasteiger partial charge is 0.264 e. The van der Waals surface area contributed by atoms with Crippen LogP contribution < -0.4 is 15.4 Å². The maximum atomic E-state index is 12.4. The molecule has 0 fully saturated rings. The number of rotatable bonds is 7. The van der Waals surface area contributed by atoms with Crippen molar-refractivity contribution in [2.24, 2.45) is 0 Å². The van der Waals surface area contributed by atoms with Crippen LogP contribution in [0.3, 0.4) is 0 Å². The summed E-state index contributed by atoms with van der Waals surface area (Å²) in [5.74, 6) is 0.534. The predicted octanol–water partition coefficient (Wildman–Crippen LogP) is 4.60. The lowest BCUT2D eigenvalue weighted by atomic mass is 9.99. The van der Waals surface area contributed by atoms with E-state index in [4.69, 9.17) is 12.2 Å². The number of nitrogens with zero attached hydrogens (tertiary/aromatic N) is 2. The van der Waals surface area contributed by atoms with Crippen molar-refractivity contribution in [2.75, 3.05) is 15.4 Å². The van der Waals surface area contributed by atoms with E-state index in [9.17, 15) is 8.42 Å². The first-order valence-corrected chi connectivity index (χ1v) is 11.3. The third-order valence-corrected chi connectivity index (χ3v) is 6.11. The second-order valence-electron chi connectivity index (χ2n) is 6.71. The summed E-state index contributed by atoms with van der Waals surface area (Å²) in [6.45, 7) is 4.36. The number of aromatic nitrogens is 2. The SMILES string of the molecule is CCC(C)c1ccc(NC(=S)Nc2ccc(S(=O)(=O)Nc3ncccn3)cc2)cc1. The molecule has 7 nitrogen and oxygen atoms in total. The molecule has 1 atom stereocenters. The summed E-state index contributed by atoms with van der Waals surface area (Å²) in [6, 6.07) is 16.0. The van der Waals surface area contributed by atoms with Crippen LogP contribution in [0.25, 0.3) is 0 Å². The zero-order chi connectivity index (χ0) is 21.6. The fraction of sp³-hybridized carbons (Fsp3) is 0.190.